The van der Waals surface area contributed by atoms with Crippen molar-refractivity contribution in [1.82, 2.24) is 5.32 Å². The van der Waals surface area contributed by atoms with Crippen LogP contribution in [-0.2, 0) is 4.79 Å². The quantitative estimate of drug-likeness (QED) is 0.548. The molecule has 5 heteroatoms. The highest BCUT2D eigenvalue weighted by atomic mass is 16.5. The molecule has 0 aliphatic carbocycles. The Bertz CT molecular complexity index is 419. The monoisotopic (exact) mass is 252 g/mol. The van der Waals surface area contributed by atoms with Crippen LogP contribution in [0.25, 0.3) is 0 Å². The van der Waals surface area contributed by atoms with Crippen molar-refractivity contribution in [1.29, 1.82) is 0 Å². The Balaban J connectivity index is 2.50. The van der Waals surface area contributed by atoms with Crippen LogP contribution in [0.3, 0.4) is 0 Å². The number of aromatic hydroxyl groups is 1. The van der Waals surface area contributed by atoms with Crippen LogP contribution in [0.2, 0.25) is 0 Å². The van der Waals surface area contributed by atoms with Gasteiger partial charge in [-0.05, 0) is 25.0 Å². The van der Waals surface area contributed by atoms with Gasteiger partial charge in [-0.15, -0.1) is 0 Å². The number of nitrogens with one attached hydrogen (secondary N) is 1. The lowest BCUT2D eigenvalue weighted by Gasteiger charge is -2.17. The fourth-order valence-corrected chi connectivity index (χ4v) is 1.26. The molecule has 0 heterocycles. The summed E-state index contributed by atoms with van der Waals surface area (Å²) in [6.07, 6.45) is 0. The van der Waals surface area contributed by atoms with Crippen LogP contribution in [0.4, 0.5) is 5.69 Å². The van der Waals surface area contributed by atoms with Crippen LogP contribution in [0.1, 0.15) is 20.8 Å². The van der Waals surface area contributed by atoms with E-state index < -0.39 is 0 Å². The second kappa shape index (κ2) is 6.14. The van der Waals surface area contributed by atoms with Crippen molar-refractivity contribution in [2.75, 3.05) is 12.3 Å². The van der Waals surface area contributed by atoms with Gasteiger partial charge in [0.05, 0.1) is 0 Å². The van der Waals surface area contributed by atoms with Crippen LogP contribution in [0.5, 0.6) is 11.5 Å². The molecule has 0 fully saturated rings. The Morgan fingerprint density at radius 2 is 2.11 bits per heavy atom. The predicted octanol–water partition coefficient (Wildman–Crippen LogP) is 1.51. The van der Waals surface area contributed by atoms with Crippen molar-refractivity contribution in [2.24, 2.45) is 5.92 Å². The number of para-hydroxylation sites is 1. The fraction of sp³-hybridized carbons (Fsp3) is 0.462. The Morgan fingerprint density at radius 1 is 1.44 bits per heavy atom. The van der Waals surface area contributed by atoms with Gasteiger partial charge in [0.2, 0.25) is 0 Å². The average Bonchev–Trinajstić information content (AvgIpc) is 2.31. The number of nitrogen functional groups attached to an aromatic ring is 1. The van der Waals surface area contributed by atoms with E-state index in [0.717, 1.165) is 0 Å². The van der Waals surface area contributed by atoms with E-state index in [2.05, 4.69) is 5.32 Å². The lowest BCUT2D eigenvalue weighted by Crippen LogP contribution is -2.39. The molecule has 0 aliphatic heterocycles. The number of anilines is 1. The maximum absolute atomic E-state index is 11.6. The number of amides is 1. The molecule has 1 aromatic carbocycles. The lowest BCUT2D eigenvalue weighted by molar-refractivity contribution is -0.123. The molecule has 0 saturated heterocycles. The minimum Gasteiger partial charge on any atom is -0.506 e. The maximum Gasteiger partial charge on any atom is 0.258 e. The van der Waals surface area contributed by atoms with E-state index in [4.69, 9.17) is 10.5 Å². The number of hydrogen-bond donors (Lipinski definition) is 3. The van der Waals surface area contributed by atoms with Crippen molar-refractivity contribution >= 4 is 11.6 Å². The van der Waals surface area contributed by atoms with Crippen LogP contribution in [0, 0.1) is 5.92 Å². The van der Waals surface area contributed by atoms with Crippen molar-refractivity contribution in [3.8, 4) is 11.5 Å². The highest BCUT2D eigenvalue weighted by molar-refractivity contribution is 5.78. The van der Waals surface area contributed by atoms with E-state index in [0.29, 0.717) is 11.7 Å². The normalized spacial score (nSPS) is 12.2. The number of rotatable bonds is 5. The molecule has 1 amide bonds. The fourth-order valence-electron chi connectivity index (χ4n) is 1.26. The molecule has 5 nitrogen and oxygen atoms in total. The van der Waals surface area contributed by atoms with Gasteiger partial charge >= 0.3 is 0 Å². The Labute approximate surface area is 107 Å². The highest BCUT2D eigenvalue weighted by Crippen LogP contribution is 2.29. The van der Waals surface area contributed by atoms with Crippen LogP contribution in [-0.4, -0.2) is 23.7 Å². The Kier molecular flexibility index (Phi) is 4.83. The molecule has 0 saturated carbocycles. The minimum absolute atomic E-state index is 0.0524. The number of carbonyl (C=O) groups is 1. The van der Waals surface area contributed by atoms with E-state index in [-0.39, 0.29) is 30.0 Å². The zero-order valence-corrected chi connectivity index (χ0v) is 10.9. The largest absolute Gasteiger partial charge is 0.506 e. The summed E-state index contributed by atoms with van der Waals surface area (Å²) in [7, 11) is 0. The number of carbonyl (C=O) groups excluding carboxylic acids is 1. The van der Waals surface area contributed by atoms with Gasteiger partial charge in [0.1, 0.15) is 17.2 Å². The van der Waals surface area contributed by atoms with Gasteiger partial charge in [-0.3, -0.25) is 4.79 Å². The third-order valence-electron chi connectivity index (χ3n) is 2.79. The summed E-state index contributed by atoms with van der Waals surface area (Å²) in [4.78, 5) is 11.6. The van der Waals surface area contributed by atoms with Gasteiger partial charge < -0.3 is 20.9 Å². The molecular formula is C13H20N2O3. The summed E-state index contributed by atoms with van der Waals surface area (Å²) >= 11 is 0. The first-order valence-corrected chi connectivity index (χ1v) is 5.91. The summed E-state index contributed by atoms with van der Waals surface area (Å²) in [5.74, 6) is 0.407. The molecule has 1 unspecified atom stereocenters. The van der Waals surface area contributed by atoms with Gasteiger partial charge in [0, 0.05) is 6.04 Å². The molecule has 4 N–H and O–H groups in total. The number of phenols is 1. The van der Waals surface area contributed by atoms with E-state index in [1.807, 2.05) is 20.8 Å². The van der Waals surface area contributed by atoms with Gasteiger partial charge in [0.25, 0.3) is 5.91 Å². The van der Waals surface area contributed by atoms with Crippen LogP contribution >= 0.6 is 0 Å². The molecular weight excluding hydrogens is 232 g/mol. The standard InChI is InChI=1S/C13H20N2O3/c1-8(2)9(3)15-12(17)7-18-11-6-4-5-10(16)13(11)14/h4-6,8-9,16H,7,14H2,1-3H3,(H,15,17). The SMILES string of the molecule is CC(C)C(C)NC(=O)COc1cccc(O)c1N. The molecule has 1 aromatic rings. The van der Waals surface area contributed by atoms with E-state index in [9.17, 15) is 9.90 Å². The van der Waals surface area contributed by atoms with Gasteiger partial charge in [-0.25, -0.2) is 0 Å². The molecule has 1 atom stereocenters. The maximum atomic E-state index is 11.6. The average molecular weight is 252 g/mol. The molecule has 0 aliphatic rings. The van der Waals surface area contributed by atoms with Gasteiger partial charge in [0.15, 0.2) is 6.61 Å². The summed E-state index contributed by atoms with van der Waals surface area (Å²) in [6, 6.07) is 4.76. The summed E-state index contributed by atoms with van der Waals surface area (Å²) in [5.41, 5.74) is 5.75. The van der Waals surface area contributed by atoms with Crippen molar-refractivity contribution in [3.05, 3.63) is 18.2 Å². The topological polar surface area (TPSA) is 84.6 Å². The third kappa shape index (κ3) is 3.84. The zero-order chi connectivity index (χ0) is 13.7. The minimum atomic E-state index is -0.209. The summed E-state index contributed by atoms with van der Waals surface area (Å²) < 4.78 is 5.26. The zero-order valence-electron chi connectivity index (χ0n) is 10.9. The van der Waals surface area contributed by atoms with E-state index in [1.165, 1.54) is 6.07 Å². The second-order valence-corrected chi connectivity index (χ2v) is 4.58. The molecule has 0 spiro atoms. The van der Waals surface area contributed by atoms with Crippen molar-refractivity contribution in [2.45, 2.75) is 26.8 Å². The first kappa shape index (κ1) is 14.2. The molecule has 0 bridgehead atoms. The van der Waals surface area contributed by atoms with E-state index in [1.54, 1.807) is 12.1 Å². The summed E-state index contributed by atoms with van der Waals surface area (Å²) in [5, 5.41) is 12.2. The molecule has 0 aromatic heterocycles. The van der Waals surface area contributed by atoms with Gasteiger partial charge in [-0.1, -0.05) is 19.9 Å². The predicted molar refractivity (Wildman–Crippen MR) is 70.5 cm³/mol. The van der Waals surface area contributed by atoms with Crippen LogP contribution in [0.15, 0.2) is 18.2 Å². The highest BCUT2D eigenvalue weighted by Gasteiger charge is 2.12. The summed E-state index contributed by atoms with van der Waals surface area (Å²) in [6.45, 7) is 5.87. The molecule has 18 heavy (non-hydrogen) atoms. The lowest BCUT2D eigenvalue weighted by atomic mass is 10.1. The van der Waals surface area contributed by atoms with Crippen LogP contribution < -0.4 is 15.8 Å². The molecule has 0 radical (unpaired) electrons. The Morgan fingerprint density at radius 3 is 2.72 bits per heavy atom. The first-order chi connectivity index (χ1) is 8.41. The first-order valence-electron chi connectivity index (χ1n) is 5.91. The van der Waals surface area contributed by atoms with E-state index >= 15 is 0 Å². The number of nitrogens with two attached hydrogens (primary N) is 1. The number of benzene rings is 1. The number of phenolic OH excluding ortho intramolecular Hbond substituents is 1. The van der Waals surface area contributed by atoms with Gasteiger partial charge in [-0.2, -0.15) is 0 Å². The third-order valence-corrected chi connectivity index (χ3v) is 2.79. The Hall–Kier alpha value is -1.91. The van der Waals surface area contributed by atoms with Crippen molar-refractivity contribution < 1.29 is 14.6 Å². The number of ether oxygens (including phenoxy) is 1. The number of hydrogen-bond acceptors (Lipinski definition) is 4. The smallest absolute Gasteiger partial charge is 0.258 e. The molecule has 1 rings (SSSR count). The van der Waals surface area contributed by atoms with Crippen molar-refractivity contribution in [3.63, 3.8) is 0 Å². The second-order valence-electron chi connectivity index (χ2n) is 4.58. The molecule has 100 valence electrons.